The van der Waals surface area contributed by atoms with Gasteiger partial charge in [0.05, 0.1) is 63.6 Å². The third kappa shape index (κ3) is 7.47. The van der Waals surface area contributed by atoms with Gasteiger partial charge in [-0.2, -0.15) is 0 Å². The summed E-state index contributed by atoms with van der Waals surface area (Å²) in [4.78, 5) is 27.3. The van der Waals surface area contributed by atoms with Crippen molar-refractivity contribution >= 4 is 40.9 Å². The zero-order chi connectivity index (χ0) is 37.9. The maximum atomic E-state index is 13.7. The lowest BCUT2D eigenvalue weighted by molar-refractivity contribution is 0.0817. The molecule has 282 valence electrons. The van der Waals surface area contributed by atoms with E-state index >= 15 is 0 Å². The third-order valence-corrected chi connectivity index (χ3v) is 10.5. The number of hydrogen-bond acceptors (Lipinski definition) is 10. The highest BCUT2D eigenvalue weighted by Gasteiger charge is 2.34. The number of aromatic hydroxyl groups is 1. The molecule has 0 spiro atoms. The number of carbonyl (C=O) groups is 1. The van der Waals surface area contributed by atoms with Gasteiger partial charge < -0.3 is 38.6 Å². The van der Waals surface area contributed by atoms with Crippen LogP contribution in [0.5, 0.6) is 34.5 Å². The van der Waals surface area contributed by atoms with Crippen molar-refractivity contribution in [2.24, 2.45) is 9.98 Å². The number of aliphatic imine (C=N–C) groups is 2. The van der Waals surface area contributed by atoms with E-state index in [0.29, 0.717) is 53.9 Å². The predicted molar refractivity (Wildman–Crippen MR) is 213 cm³/mol. The number of methoxy groups -OCH3 is 3. The summed E-state index contributed by atoms with van der Waals surface area (Å²) in [5.41, 5.74) is 7.44. The highest BCUT2D eigenvalue weighted by Crippen LogP contribution is 2.42. The van der Waals surface area contributed by atoms with Gasteiger partial charge in [0.15, 0.2) is 23.0 Å². The monoisotopic (exact) mass is 740 g/mol. The first-order chi connectivity index (χ1) is 26.9. The molecule has 1 N–H and O–H groups in total. The van der Waals surface area contributed by atoms with Crippen molar-refractivity contribution in [3.8, 4) is 34.5 Å². The van der Waals surface area contributed by atoms with Gasteiger partial charge in [-0.1, -0.05) is 24.3 Å². The van der Waals surface area contributed by atoms with Crippen molar-refractivity contribution in [2.75, 3.05) is 34.5 Å². The largest absolute Gasteiger partial charge is 0.508 e. The number of ether oxygens (including phenoxy) is 5. The molecule has 0 unspecified atom stereocenters. The van der Waals surface area contributed by atoms with Crippen molar-refractivity contribution < 1.29 is 33.6 Å². The molecule has 4 aliphatic heterocycles. The molecule has 11 heteroatoms. The minimum atomic E-state index is -0.199. The van der Waals surface area contributed by atoms with Gasteiger partial charge >= 0.3 is 0 Å². The molecule has 4 heterocycles. The number of amides is 1. The third-order valence-electron chi connectivity index (χ3n) is 10.5. The summed E-state index contributed by atoms with van der Waals surface area (Å²) in [6, 6.07) is 22.7. The summed E-state index contributed by atoms with van der Waals surface area (Å²) in [7, 11) is 4.92. The number of phenols is 1. The SMILES string of the molecule is COc1ccc(C2=CN3Cc4cc(OC)c(OCCCCCOc5cc6c(cc5OC)C(=O)N5C=C(c7ccc(O)cc7)C[C@H]5C=N6)cc4N=C[C@@H]3C2)cc1. The molecular weight excluding hydrogens is 697 g/mol. The second-order valence-corrected chi connectivity index (χ2v) is 14.0. The van der Waals surface area contributed by atoms with Gasteiger partial charge in [-0.15, -0.1) is 0 Å². The lowest BCUT2D eigenvalue weighted by atomic mass is 10.0. The van der Waals surface area contributed by atoms with Gasteiger partial charge in [0, 0.05) is 55.5 Å². The highest BCUT2D eigenvalue weighted by atomic mass is 16.5. The minimum Gasteiger partial charge on any atom is -0.508 e. The fraction of sp³-hybridized carbons (Fsp3) is 0.295. The van der Waals surface area contributed by atoms with Crippen molar-refractivity contribution in [1.29, 1.82) is 0 Å². The fourth-order valence-corrected chi connectivity index (χ4v) is 7.46. The molecule has 1 amide bonds. The highest BCUT2D eigenvalue weighted by molar-refractivity contribution is 6.05. The van der Waals surface area contributed by atoms with Crippen LogP contribution in [0.2, 0.25) is 0 Å². The summed E-state index contributed by atoms with van der Waals surface area (Å²) < 4.78 is 29.1. The van der Waals surface area contributed by atoms with Crippen LogP contribution in [0, 0.1) is 0 Å². The maximum Gasteiger partial charge on any atom is 0.260 e. The molecule has 55 heavy (non-hydrogen) atoms. The van der Waals surface area contributed by atoms with E-state index in [9.17, 15) is 9.90 Å². The summed E-state index contributed by atoms with van der Waals surface area (Å²) >= 11 is 0. The molecule has 0 saturated carbocycles. The second kappa shape index (κ2) is 15.6. The summed E-state index contributed by atoms with van der Waals surface area (Å²) in [6.07, 6.45) is 12.0. The van der Waals surface area contributed by atoms with Crippen molar-refractivity contribution in [3.63, 3.8) is 0 Å². The first kappa shape index (κ1) is 35.8. The minimum absolute atomic E-state index is 0.147. The lowest BCUT2D eigenvalue weighted by Crippen LogP contribution is -2.32. The molecule has 0 radical (unpaired) electrons. The van der Waals surface area contributed by atoms with Gasteiger partial charge in [-0.3, -0.25) is 14.8 Å². The summed E-state index contributed by atoms with van der Waals surface area (Å²) in [5, 5.41) is 9.67. The zero-order valence-electron chi connectivity index (χ0n) is 31.2. The zero-order valence-corrected chi connectivity index (χ0v) is 31.2. The quantitative estimate of drug-likeness (QED) is 0.136. The number of unbranched alkanes of at least 4 members (excludes halogenated alkanes) is 2. The number of fused-ring (bicyclic) bond motifs is 4. The average Bonchev–Trinajstić information content (AvgIpc) is 3.76. The molecule has 0 saturated heterocycles. The second-order valence-electron chi connectivity index (χ2n) is 14.0. The molecule has 4 aliphatic rings. The molecule has 0 fully saturated rings. The van der Waals surface area contributed by atoms with E-state index in [1.807, 2.05) is 55.0 Å². The Bertz CT molecular complexity index is 2190. The molecule has 4 aromatic carbocycles. The van der Waals surface area contributed by atoms with Crippen molar-refractivity contribution in [3.05, 3.63) is 107 Å². The van der Waals surface area contributed by atoms with Crippen LogP contribution in [-0.4, -0.2) is 79.9 Å². The number of benzene rings is 4. The van der Waals surface area contributed by atoms with Crippen LogP contribution in [0.15, 0.2) is 95.2 Å². The summed E-state index contributed by atoms with van der Waals surface area (Å²) in [6.45, 7) is 1.73. The Labute approximate surface area is 320 Å². The predicted octanol–water partition coefficient (Wildman–Crippen LogP) is 8.35. The molecule has 0 bridgehead atoms. The Morgan fingerprint density at radius 2 is 1.27 bits per heavy atom. The first-order valence-corrected chi connectivity index (χ1v) is 18.6. The molecule has 0 aliphatic carbocycles. The van der Waals surface area contributed by atoms with E-state index < -0.39 is 0 Å². The normalized spacial score (nSPS) is 18.0. The molecule has 0 aromatic heterocycles. The number of phenolic OH excluding ortho intramolecular Hbond substituents is 1. The Balaban J connectivity index is 0.836. The summed E-state index contributed by atoms with van der Waals surface area (Å²) in [5.74, 6) is 3.32. The van der Waals surface area contributed by atoms with Gasteiger partial charge in [0.2, 0.25) is 0 Å². The van der Waals surface area contributed by atoms with Crippen LogP contribution >= 0.6 is 0 Å². The van der Waals surface area contributed by atoms with Gasteiger partial charge in [-0.05, 0) is 84.4 Å². The number of carbonyl (C=O) groups excluding carboxylic acids is 1. The van der Waals surface area contributed by atoms with Crippen molar-refractivity contribution in [1.82, 2.24) is 9.80 Å². The number of hydrogen-bond donors (Lipinski definition) is 1. The molecule has 11 nitrogen and oxygen atoms in total. The van der Waals surface area contributed by atoms with Crippen molar-refractivity contribution in [2.45, 2.75) is 50.7 Å². The first-order valence-electron chi connectivity index (χ1n) is 18.6. The van der Waals surface area contributed by atoms with Crippen LogP contribution in [0.25, 0.3) is 11.1 Å². The molecule has 2 atom stereocenters. The van der Waals surface area contributed by atoms with E-state index in [1.165, 1.54) is 11.1 Å². The Morgan fingerprint density at radius 3 is 1.96 bits per heavy atom. The van der Waals surface area contributed by atoms with Crippen LogP contribution < -0.4 is 23.7 Å². The van der Waals surface area contributed by atoms with E-state index in [4.69, 9.17) is 33.7 Å². The van der Waals surface area contributed by atoms with Crippen LogP contribution in [0.1, 0.15) is 59.2 Å². The topological polar surface area (TPSA) is 115 Å². The molecular formula is C44H44N4O7. The van der Waals surface area contributed by atoms with Crippen LogP contribution in [0.3, 0.4) is 0 Å². The average molecular weight is 741 g/mol. The number of nitrogens with zero attached hydrogens (tertiary/aromatic N) is 4. The molecule has 8 rings (SSSR count). The maximum absolute atomic E-state index is 13.7. The van der Waals surface area contributed by atoms with Crippen LogP contribution in [-0.2, 0) is 6.54 Å². The smallest absolute Gasteiger partial charge is 0.260 e. The van der Waals surface area contributed by atoms with Gasteiger partial charge in [-0.25, -0.2) is 0 Å². The van der Waals surface area contributed by atoms with Gasteiger partial charge in [0.25, 0.3) is 5.91 Å². The Morgan fingerprint density at radius 1 is 0.673 bits per heavy atom. The van der Waals surface area contributed by atoms with Gasteiger partial charge in [0.1, 0.15) is 11.5 Å². The van der Waals surface area contributed by atoms with E-state index in [1.54, 1.807) is 50.5 Å². The van der Waals surface area contributed by atoms with E-state index in [0.717, 1.165) is 60.4 Å². The molecule has 4 aromatic rings. The Kier molecular flexibility index (Phi) is 10.2. The number of rotatable bonds is 13. The standard InChI is InChI=1S/C44H44N4O7/c1-51-36-13-9-29(10-14-36)30-17-33-23-45-38-21-42(40(52-2)19-32(38)26-47(33)25-30)54-15-5-4-6-16-55-43-22-39-37(20-41(43)53-3)44(50)48-27-31(18-34(48)24-46-39)28-7-11-35(49)12-8-28/h7-14,19-25,27,33-34,49H,4-6,15-18,26H2,1-3H3/t33-,34-/m0/s1. The lowest BCUT2D eigenvalue weighted by Gasteiger charge is -2.21. The van der Waals surface area contributed by atoms with E-state index in [-0.39, 0.29) is 23.7 Å². The van der Waals surface area contributed by atoms with Crippen LogP contribution in [0.4, 0.5) is 11.4 Å². The fourth-order valence-electron chi connectivity index (χ4n) is 7.46. The Hall–Kier alpha value is -6.23. The van der Waals surface area contributed by atoms with E-state index in [2.05, 4.69) is 23.2 Å².